The zero-order chi connectivity index (χ0) is 23.1. The Balaban J connectivity index is 1.74. The minimum atomic E-state index is -1.31. The van der Waals surface area contributed by atoms with Gasteiger partial charge in [-0.3, -0.25) is 9.59 Å². The van der Waals surface area contributed by atoms with E-state index in [-0.39, 0.29) is 41.3 Å². The fourth-order valence-corrected chi connectivity index (χ4v) is 6.08. The Morgan fingerprint density at radius 2 is 2.03 bits per heavy atom. The first kappa shape index (κ1) is 21.2. The van der Waals surface area contributed by atoms with Crippen molar-refractivity contribution in [3.63, 3.8) is 0 Å². The molecule has 1 saturated heterocycles. The zero-order valence-electron chi connectivity index (χ0n) is 19.0. The Morgan fingerprint density at radius 3 is 2.72 bits per heavy atom. The average Bonchev–Trinajstić information content (AvgIpc) is 2.87. The number of phenols is 1. The summed E-state index contributed by atoms with van der Waals surface area (Å²) in [5.41, 5.74) is -1.69. The van der Waals surface area contributed by atoms with Crippen molar-refractivity contribution < 1.29 is 33.6 Å². The second-order valence-corrected chi connectivity index (χ2v) is 9.89. The fourth-order valence-electron chi connectivity index (χ4n) is 6.08. The number of ether oxygens (including phenoxy) is 4. The maximum atomic E-state index is 13.7. The van der Waals surface area contributed by atoms with Crippen LogP contribution in [0.5, 0.6) is 17.2 Å². The Bertz CT molecular complexity index is 1090. The number of carbonyl (C=O) groups is 2. The molecule has 1 aromatic rings. The van der Waals surface area contributed by atoms with Gasteiger partial charge in [0.25, 0.3) is 0 Å². The van der Waals surface area contributed by atoms with Crippen molar-refractivity contribution in [3.8, 4) is 17.2 Å². The van der Waals surface area contributed by atoms with Gasteiger partial charge in [0, 0.05) is 43.1 Å². The van der Waals surface area contributed by atoms with E-state index < -0.39 is 22.7 Å². The number of ketones is 2. The number of benzene rings is 1. The summed E-state index contributed by atoms with van der Waals surface area (Å²) in [7, 11) is 1.49. The Morgan fingerprint density at radius 1 is 1.28 bits per heavy atom. The number of rotatable bonds is 5. The molecule has 2 fully saturated rings. The first-order valence-electron chi connectivity index (χ1n) is 10.9. The van der Waals surface area contributed by atoms with Crippen molar-refractivity contribution in [2.75, 3.05) is 13.9 Å². The van der Waals surface area contributed by atoms with Crippen LogP contribution in [0.1, 0.15) is 50.9 Å². The van der Waals surface area contributed by atoms with Crippen LogP contribution in [0.4, 0.5) is 0 Å². The number of hydrogen-bond acceptors (Lipinski definition) is 7. The summed E-state index contributed by atoms with van der Waals surface area (Å²) in [5.74, 6) is -0.718. The van der Waals surface area contributed by atoms with Crippen LogP contribution in [0.2, 0.25) is 0 Å². The molecule has 0 aromatic heterocycles. The number of methoxy groups -OCH3 is 1. The average molecular weight is 440 g/mol. The molecule has 3 aliphatic carbocycles. The lowest BCUT2D eigenvalue weighted by Gasteiger charge is -2.56. The van der Waals surface area contributed by atoms with E-state index in [1.807, 2.05) is 33.8 Å². The molecule has 6 rings (SSSR count). The lowest BCUT2D eigenvalue weighted by Crippen LogP contribution is -2.72. The van der Waals surface area contributed by atoms with Crippen molar-refractivity contribution in [1.82, 2.24) is 0 Å². The largest absolute Gasteiger partial charge is 0.507 e. The highest BCUT2D eigenvalue weighted by Gasteiger charge is 2.81. The maximum absolute atomic E-state index is 13.7. The van der Waals surface area contributed by atoms with Gasteiger partial charge in [-0.2, -0.15) is 0 Å². The van der Waals surface area contributed by atoms with Gasteiger partial charge < -0.3 is 24.1 Å². The molecule has 7 heteroatoms. The Hall–Kier alpha value is -2.64. The molecule has 7 nitrogen and oxygen atoms in total. The smallest absolute Gasteiger partial charge is 0.200 e. The minimum absolute atomic E-state index is 0.0219. The van der Waals surface area contributed by atoms with Gasteiger partial charge in [-0.1, -0.05) is 17.7 Å². The van der Waals surface area contributed by atoms with E-state index in [0.29, 0.717) is 24.2 Å². The summed E-state index contributed by atoms with van der Waals surface area (Å²) in [4.78, 5) is 27.5. The van der Waals surface area contributed by atoms with E-state index >= 15 is 0 Å². The number of aromatic hydroxyl groups is 1. The minimum Gasteiger partial charge on any atom is -0.507 e. The number of allylic oxidation sites excluding steroid dienone is 2. The molecule has 1 spiro atoms. The number of carbonyl (C=O) groups excluding carboxylic acids is 2. The molecule has 0 radical (unpaired) electrons. The van der Waals surface area contributed by atoms with Gasteiger partial charge in [-0.05, 0) is 34.1 Å². The predicted octanol–water partition coefficient (Wildman–Crippen LogP) is 3.74. The molecular formula is C25H28O7. The highest BCUT2D eigenvalue weighted by Crippen LogP contribution is 2.67. The normalized spacial score (nSPS) is 33.2. The van der Waals surface area contributed by atoms with Crippen LogP contribution < -0.4 is 9.47 Å². The summed E-state index contributed by atoms with van der Waals surface area (Å²) in [6.07, 6.45) is 4.59. The lowest BCUT2D eigenvalue weighted by atomic mass is 9.51. The monoisotopic (exact) mass is 440 g/mol. The van der Waals surface area contributed by atoms with Gasteiger partial charge >= 0.3 is 0 Å². The molecule has 32 heavy (non-hydrogen) atoms. The van der Waals surface area contributed by atoms with Gasteiger partial charge in [-0.25, -0.2) is 0 Å². The van der Waals surface area contributed by atoms with E-state index in [2.05, 4.69) is 0 Å². The van der Waals surface area contributed by atoms with Crippen LogP contribution in [-0.2, 0) is 14.3 Å². The molecule has 2 aliphatic heterocycles. The SMILES string of the molecule is COCOc1cc(O)c2c(c1)O[C@]13C(=C[C@@H]4C[C@H]1C(C)(C)OC3(CC=C(C)C)C4=O)C2=O. The topological polar surface area (TPSA) is 91.3 Å². The van der Waals surface area contributed by atoms with Crippen molar-refractivity contribution in [2.24, 2.45) is 11.8 Å². The molecule has 170 valence electrons. The molecule has 4 bridgehead atoms. The van der Waals surface area contributed by atoms with Crippen molar-refractivity contribution in [1.29, 1.82) is 0 Å². The quantitative estimate of drug-likeness (QED) is 0.551. The van der Waals surface area contributed by atoms with Crippen molar-refractivity contribution >= 4 is 11.6 Å². The van der Waals surface area contributed by atoms with E-state index in [1.54, 1.807) is 12.1 Å². The summed E-state index contributed by atoms with van der Waals surface area (Å²) in [6, 6.07) is 2.95. The van der Waals surface area contributed by atoms with Crippen LogP contribution in [0.25, 0.3) is 0 Å². The van der Waals surface area contributed by atoms with Crippen LogP contribution in [-0.4, -0.2) is 47.4 Å². The van der Waals surface area contributed by atoms with Crippen LogP contribution in [0, 0.1) is 11.8 Å². The summed E-state index contributed by atoms with van der Waals surface area (Å²) >= 11 is 0. The molecule has 1 aromatic carbocycles. The van der Waals surface area contributed by atoms with Gasteiger partial charge in [0.05, 0.1) is 5.60 Å². The van der Waals surface area contributed by atoms with Crippen molar-refractivity contribution in [3.05, 3.63) is 41.0 Å². The molecule has 2 heterocycles. The van der Waals surface area contributed by atoms with Crippen LogP contribution >= 0.6 is 0 Å². The molecule has 1 saturated carbocycles. The first-order chi connectivity index (χ1) is 15.1. The van der Waals surface area contributed by atoms with Gasteiger partial charge in [0.1, 0.15) is 22.8 Å². The summed E-state index contributed by atoms with van der Waals surface area (Å²) in [5, 5.41) is 10.7. The number of Topliss-reactive ketones (excluding diaryl/α,β-unsaturated/α-hetero) is 2. The molecular weight excluding hydrogens is 412 g/mol. The highest BCUT2D eigenvalue weighted by atomic mass is 16.7. The second-order valence-electron chi connectivity index (χ2n) is 9.89. The third-order valence-corrected chi connectivity index (χ3v) is 7.30. The van der Waals surface area contributed by atoms with Crippen LogP contribution in [0.15, 0.2) is 35.4 Å². The highest BCUT2D eigenvalue weighted by molar-refractivity contribution is 6.18. The third-order valence-electron chi connectivity index (χ3n) is 7.30. The molecule has 1 unspecified atom stereocenters. The second kappa shape index (κ2) is 6.68. The zero-order valence-corrected chi connectivity index (χ0v) is 19.0. The maximum Gasteiger partial charge on any atom is 0.200 e. The fraction of sp³-hybridized carbons (Fsp3) is 0.520. The summed E-state index contributed by atoms with van der Waals surface area (Å²) in [6.45, 7) is 7.83. The first-order valence-corrected chi connectivity index (χ1v) is 10.9. The van der Waals surface area contributed by atoms with Crippen LogP contribution in [0.3, 0.4) is 0 Å². The predicted molar refractivity (Wildman–Crippen MR) is 115 cm³/mol. The Kier molecular flexibility index (Phi) is 4.43. The molecule has 1 N–H and O–H groups in total. The number of fused-ring (bicyclic) bond motifs is 1. The third kappa shape index (κ3) is 2.49. The van der Waals surface area contributed by atoms with Gasteiger partial charge in [0.15, 0.2) is 29.6 Å². The molecule has 0 amide bonds. The van der Waals surface area contributed by atoms with E-state index in [1.165, 1.54) is 13.2 Å². The summed E-state index contributed by atoms with van der Waals surface area (Å²) < 4.78 is 23.7. The van der Waals surface area contributed by atoms with E-state index in [4.69, 9.17) is 18.9 Å². The van der Waals surface area contributed by atoms with Gasteiger partial charge in [-0.15, -0.1) is 0 Å². The van der Waals surface area contributed by atoms with Crippen molar-refractivity contribution in [2.45, 2.75) is 57.3 Å². The van der Waals surface area contributed by atoms with E-state index in [9.17, 15) is 14.7 Å². The molecule has 5 aliphatic rings. The van der Waals surface area contributed by atoms with Gasteiger partial charge in [0.2, 0.25) is 0 Å². The number of hydrogen-bond donors (Lipinski definition) is 1. The standard InChI is InChI=1S/C25H28O7/c1-13(2)6-7-24-22(28)14-8-16-21(27)20-17(26)10-15(30-12-29-5)11-18(20)31-25(16,24)19(9-14)23(3,4)32-24/h6,8,10-11,14,19,26H,7,9,12H2,1-5H3/t14-,19+,24?,25-/m1/s1. The molecule has 4 atom stereocenters. The Labute approximate surface area is 187 Å². The van der Waals surface area contributed by atoms with E-state index in [0.717, 1.165) is 5.57 Å². The number of phenolic OH excluding ortho intramolecular Hbond substituents is 1. The lowest BCUT2D eigenvalue weighted by molar-refractivity contribution is -0.171.